The van der Waals surface area contributed by atoms with Crippen molar-refractivity contribution < 1.29 is 23.9 Å². The average molecular weight is 421 g/mol. The Labute approximate surface area is 179 Å². The summed E-state index contributed by atoms with van der Waals surface area (Å²) < 4.78 is 5.50. The second-order valence-electron chi connectivity index (χ2n) is 8.37. The van der Waals surface area contributed by atoms with Crippen LogP contribution in [0.5, 0.6) is 0 Å². The van der Waals surface area contributed by atoms with Gasteiger partial charge in [-0.05, 0) is 43.5 Å². The summed E-state index contributed by atoms with van der Waals surface area (Å²) in [6.45, 7) is 5.28. The molecule has 0 aliphatic carbocycles. The lowest BCUT2D eigenvalue weighted by Gasteiger charge is -2.33. The number of imide groups is 1. The van der Waals surface area contributed by atoms with E-state index < -0.39 is 35.0 Å². The number of hydrogen-bond acceptors (Lipinski definition) is 5. The minimum absolute atomic E-state index is 0.173. The van der Waals surface area contributed by atoms with Gasteiger partial charge in [0.15, 0.2) is 5.60 Å². The van der Waals surface area contributed by atoms with E-state index in [-0.39, 0.29) is 13.0 Å². The van der Waals surface area contributed by atoms with Crippen LogP contribution in [0.3, 0.4) is 0 Å². The molecule has 3 N–H and O–H groups in total. The summed E-state index contributed by atoms with van der Waals surface area (Å²) in [5.41, 5.74) is 1.06. The van der Waals surface area contributed by atoms with E-state index in [1.54, 1.807) is 44.2 Å². The Balaban J connectivity index is 1.48. The SMILES string of the molecule is Cc1ccc2c(c1)C(=O)OC(C)(C(=O)NCc1cccc(C3(C)NC(=O)NC3=O)c1)C2. The highest BCUT2D eigenvalue weighted by molar-refractivity contribution is 6.07. The Morgan fingerprint density at radius 2 is 1.90 bits per heavy atom. The van der Waals surface area contributed by atoms with Gasteiger partial charge in [0, 0.05) is 13.0 Å². The molecule has 0 spiro atoms. The van der Waals surface area contributed by atoms with Crippen molar-refractivity contribution in [3.63, 3.8) is 0 Å². The van der Waals surface area contributed by atoms with Crippen molar-refractivity contribution in [2.45, 2.75) is 44.9 Å². The van der Waals surface area contributed by atoms with Crippen molar-refractivity contribution in [1.82, 2.24) is 16.0 Å². The zero-order chi connectivity index (χ0) is 22.4. The Kier molecular flexibility index (Phi) is 4.80. The van der Waals surface area contributed by atoms with Crippen molar-refractivity contribution in [3.05, 3.63) is 70.3 Å². The Morgan fingerprint density at radius 1 is 1.13 bits per heavy atom. The predicted octanol–water partition coefficient (Wildman–Crippen LogP) is 1.84. The first-order valence-electron chi connectivity index (χ1n) is 9.95. The summed E-state index contributed by atoms with van der Waals surface area (Å²) in [6.07, 6.45) is 0.282. The molecule has 2 aromatic rings. The fourth-order valence-corrected chi connectivity index (χ4v) is 3.93. The number of nitrogens with one attached hydrogen (secondary N) is 3. The second kappa shape index (κ2) is 7.23. The third kappa shape index (κ3) is 3.65. The Hall–Kier alpha value is -3.68. The van der Waals surface area contributed by atoms with Crippen molar-refractivity contribution in [2.24, 2.45) is 0 Å². The van der Waals surface area contributed by atoms with E-state index in [1.807, 2.05) is 19.1 Å². The summed E-state index contributed by atoms with van der Waals surface area (Å²) in [5.74, 6) is -1.36. The molecule has 8 nitrogen and oxygen atoms in total. The van der Waals surface area contributed by atoms with E-state index in [1.165, 1.54) is 0 Å². The maximum absolute atomic E-state index is 12.9. The lowest BCUT2D eigenvalue weighted by atomic mass is 9.88. The molecule has 8 heteroatoms. The van der Waals surface area contributed by atoms with Crippen LogP contribution in [0.15, 0.2) is 42.5 Å². The summed E-state index contributed by atoms with van der Waals surface area (Å²) in [7, 11) is 0. The van der Waals surface area contributed by atoms with Gasteiger partial charge >= 0.3 is 12.0 Å². The standard InChI is InChI=1S/C23H23N3O5/c1-13-7-8-15-11-22(2,31-18(27)17(15)9-13)19(28)24-12-14-5-4-6-16(10-14)23(3)20(29)25-21(30)26-23/h4-10H,11-12H2,1-3H3,(H,24,28)(H2,25,26,29,30). The number of fused-ring (bicyclic) bond motifs is 1. The summed E-state index contributed by atoms with van der Waals surface area (Å²) in [4.78, 5) is 49.1. The van der Waals surface area contributed by atoms with Crippen LogP contribution in [-0.2, 0) is 32.8 Å². The fourth-order valence-electron chi connectivity index (χ4n) is 3.93. The molecule has 2 heterocycles. The van der Waals surface area contributed by atoms with Gasteiger partial charge in [-0.15, -0.1) is 0 Å². The highest BCUT2D eigenvalue weighted by Crippen LogP contribution is 2.29. The molecular formula is C23H23N3O5. The van der Waals surface area contributed by atoms with Gasteiger partial charge in [-0.1, -0.05) is 42.0 Å². The Bertz CT molecular complexity index is 1130. The van der Waals surface area contributed by atoms with Gasteiger partial charge < -0.3 is 15.4 Å². The topological polar surface area (TPSA) is 114 Å². The summed E-state index contributed by atoms with van der Waals surface area (Å²) in [6, 6.07) is 12.0. The minimum atomic E-state index is -1.32. The van der Waals surface area contributed by atoms with Crippen LogP contribution in [0.1, 0.15) is 46.5 Å². The van der Waals surface area contributed by atoms with Crippen molar-refractivity contribution >= 4 is 23.8 Å². The van der Waals surface area contributed by atoms with Gasteiger partial charge in [-0.3, -0.25) is 14.9 Å². The van der Waals surface area contributed by atoms with Crippen LogP contribution in [0.2, 0.25) is 0 Å². The molecule has 2 aliphatic heterocycles. The van der Waals surface area contributed by atoms with Crippen molar-refractivity contribution in [3.8, 4) is 0 Å². The largest absolute Gasteiger partial charge is 0.445 e. The van der Waals surface area contributed by atoms with Crippen LogP contribution >= 0.6 is 0 Å². The first-order valence-corrected chi connectivity index (χ1v) is 9.95. The molecule has 0 radical (unpaired) electrons. The molecule has 0 saturated carbocycles. The maximum Gasteiger partial charge on any atom is 0.339 e. The van der Waals surface area contributed by atoms with E-state index in [2.05, 4.69) is 16.0 Å². The molecule has 2 aliphatic rings. The number of amides is 4. The lowest BCUT2D eigenvalue weighted by Crippen LogP contribution is -2.51. The number of cyclic esters (lactones) is 1. The molecule has 2 unspecified atom stereocenters. The molecule has 160 valence electrons. The predicted molar refractivity (Wildman–Crippen MR) is 111 cm³/mol. The van der Waals surface area contributed by atoms with E-state index in [4.69, 9.17) is 4.74 Å². The molecule has 1 fully saturated rings. The minimum Gasteiger partial charge on any atom is -0.445 e. The van der Waals surface area contributed by atoms with E-state index in [0.29, 0.717) is 11.1 Å². The number of esters is 1. The van der Waals surface area contributed by atoms with Crippen LogP contribution in [-0.4, -0.2) is 29.4 Å². The van der Waals surface area contributed by atoms with E-state index >= 15 is 0 Å². The highest BCUT2D eigenvalue weighted by Gasteiger charge is 2.44. The van der Waals surface area contributed by atoms with Gasteiger partial charge in [0.05, 0.1) is 5.56 Å². The monoisotopic (exact) mass is 421 g/mol. The number of rotatable bonds is 4. The summed E-state index contributed by atoms with van der Waals surface area (Å²) in [5, 5.41) is 7.67. The Morgan fingerprint density at radius 3 is 2.61 bits per heavy atom. The van der Waals surface area contributed by atoms with Crippen LogP contribution in [0.4, 0.5) is 4.79 Å². The number of benzene rings is 2. The normalized spacial score (nSPS) is 24.7. The number of carbonyl (C=O) groups excluding carboxylic acids is 4. The number of urea groups is 1. The van der Waals surface area contributed by atoms with Crippen LogP contribution in [0, 0.1) is 6.92 Å². The molecule has 1 saturated heterocycles. The van der Waals surface area contributed by atoms with E-state index in [9.17, 15) is 19.2 Å². The first kappa shape index (κ1) is 20.6. The van der Waals surface area contributed by atoms with Gasteiger partial charge in [-0.25, -0.2) is 9.59 Å². The molecule has 31 heavy (non-hydrogen) atoms. The van der Waals surface area contributed by atoms with Crippen molar-refractivity contribution in [1.29, 1.82) is 0 Å². The maximum atomic E-state index is 12.9. The van der Waals surface area contributed by atoms with Gasteiger partial charge in [0.25, 0.3) is 11.8 Å². The zero-order valence-electron chi connectivity index (χ0n) is 17.5. The van der Waals surface area contributed by atoms with E-state index in [0.717, 1.165) is 16.7 Å². The van der Waals surface area contributed by atoms with Gasteiger partial charge in [-0.2, -0.15) is 0 Å². The fraction of sp³-hybridized carbons (Fsp3) is 0.304. The second-order valence-corrected chi connectivity index (χ2v) is 8.37. The number of aryl methyl sites for hydroxylation is 1. The molecule has 0 aromatic heterocycles. The van der Waals surface area contributed by atoms with Crippen molar-refractivity contribution in [2.75, 3.05) is 0 Å². The van der Waals surface area contributed by atoms with Gasteiger partial charge in [0.2, 0.25) is 0 Å². The highest BCUT2D eigenvalue weighted by atomic mass is 16.6. The quantitative estimate of drug-likeness (QED) is 0.515. The number of ether oxygens (including phenoxy) is 1. The molecule has 4 rings (SSSR count). The first-order chi connectivity index (χ1) is 14.6. The summed E-state index contributed by atoms with van der Waals surface area (Å²) >= 11 is 0. The zero-order valence-corrected chi connectivity index (χ0v) is 17.5. The number of carbonyl (C=O) groups is 4. The number of hydrogen-bond donors (Lipinski definition) is 3. The third-order valence-corrected chi connectivity index (χ3v) is 5.81. The van der Waals surface area contributed by atoms with Crippen LogP contribution < -0.4 is 16.0 Å². The molecule has 4 amide bonds. The molecule has 2 aromatic carbocycles. The molecule has 0 bridgehead atoms. The lowest BCUT2D eigenvalue weighted by molar-refractivity contribution is -0.140. The van der Waals surface area contributed by atoms with Crippen LogP contribution in [0.25, 0.3) is 0 Å². The average Bonchev–Trinajstić information content (AvgIpc) is 2.99. The van der Waals surface area contributed by atoms with Gasteiger partial charge in [0.1, 0.15) is 5.54 Å². The molecule has 2 atom stereocenters. The molecular weight excluding hydrogens is 398 g/mol. The smallest absolute Gasteiger partial charge is 0.339 e. The third-order valence-electron chi connectivity index (χ3n) is 5.81.